The van der Waals surface area contributed by atoms with Gasteiger partial charge in [-0.25, -0.2) is 8.78 Å². The molecule has 3 atom stereocenters. The lowest BCUT2D eigenvalue weighted by Crippen LogP contribution is -2.68. The third-order valence-electron chi connectivity index (χ3n) is 9.23. The summed E-state index contributed by atoms with van der Waals surface area (Å²) in [6, 6.07) is 40.3. The number of aliphatic hydroxyl groups excluding tert-OH is 1. The molecule has 0 saturated carbocycles. The molecule has 1 heterocycles. The van der Waals surface area contributed by atoms with Crippen molar-refractivity contribution in [2.45, 2.75) is 50.8 Å². The van der Waals surface area contributed by atoms with Crippen molar-refractivity contribution in [2.24, 2.45) is 5.92 Å². The van der Waals surface area contributed by atoms with E-state index in [-0.39, 0.29) is 28.6 Å². The zero-order valence-electron chi connectivity index (χ0n) is 26.8. The summed E-state index contributed by atoms with van der Waals surface area (Å²) in [7, 11) is -2.84. The third kappa shape index (κ3) is 6.38. The van der Waals surface area contributed by atoms with E-state index >= 15 is 0 Å². The Morgan fingerprint density at radius 2 is 1.26 bits per heavy atom. The largest absolute Gasteiger partial charge is 0.534 e. The average molecular weight is 648 g/mol. The Labute approximate surface area is 276 Å². The molecule has 4 nitrogen and oxygen atoms in total. The molecule has 6 rings (SSSR count). The molecular weight excluding hydrogens is 609 g/mol. The van der Waals surface area contributed by atoms with Crippen LogP contribution in [-0.2, 0) is 4.79 Å². The van der Waals surface area contributed by atoms with Crippen LogP contribution in [0.3, 0.4) is 0 Å². The van der Waals surface area contributed by atoms with Gasteiger partial charge in [-0.3, -0.25) is 4.79 Å². The number of carbonyl (C=O) groups excluding carboxylic acids is 1. The molecule has 1 saturated heterocycles. The fraction of sp³-hybridized carbons (Fsp3) is 0.225. The molecule has 1 fully saturated rings. The third-order valence-corrected chi connectivity index (χ3v) is 14.2. The normalized spacial score (nSPS) is 17.2. The van der Waals surface area contributed by atoms with Crippen molar-refractivity contribution in [3.63, 3.8) is 0 Å². The van der Waals surface area contributed by atoms with E-state index in [0.717, 1.165) is 11.3 Å². The standard InChI is InChI=1S/C40H39F2NO3Si/c1-40(2,3)47(34-10-6-4-7-11-34,35-12-8-5-9-13-35)46-33-24-16-29(17-25-33)38-36(26-27-37(44)28-14-18-30(41)19-15-28)39(45)43(38)32-22-20-31(42)21-23-32/h4-25,36-38,44H,26-27H2,1-3H3. The van der Waals surface area contributed by atoms with E-state index in [0.29, 0.717) is 24.1 Å². The second-order valence-corrected chi connectivity index (χ2v) is 17.4. The van der Waals surface area contributed by atoms with Gasteiger partial charge in [-0.2, -0.15) is 0 Å². The van der Waals surface area contributed by atoms with Crippen LogP contribution < -0.4 is 19.7 Å². The van der Waals surface area contributed by atoms with Gasteiger partial charge in [0, 0.05) is 5.69 Å². The van der Waals surface area contributed by atoms with Crippen LogP contribution in [-0.4, -0.2) is 19.3 Å². The van der Waals surface area contributed by atoms with Crippen LogP contribution >= 0.6 is 0 Å². The highest BCUT2D eigenvalue weighted by atomic mass is 28.4. The van der Waals surface area contributed by atoms with Crippen molar-refractivity contribution in [1.29, 1.82) is 0 Å². The van der Waals surface area contributed by atoms with Crippen molar-refractivity contribution in [3.8, 4) is 5.75 Å². The summed E-state index contributed by atoms with van der Waals surface area (Å²) in [6.07, 6.45) is -0.0589. The molecular formula is C40H39F2NO3Si. The smallest absolute Gasteiger partial charge is 0.319 e. The van der Waals surface area contributed by atoms with Crippen molar-refractivity contribution in [2.75, 3.05) is 4.90 Å². The maximum Gasteiger partial charge on any atom is 0.319 e. The van der Waals surface area contributed by atoms with E-state index in [2.05, 4.69) is 69.3 Å². The molecule has 0 spiro atoms. The summed E-state index contributed by atoms with van der Waals surface area (Å²) in [4.78, 5) is 15.3. The number of hydrogen-bond acceptors (Lipinski definition) is 3. The monoisotopic (exact) mass is 647 g/mol. The summed E-state index contributed by atoms with van der Waals surface area (Å²) >= 11 is 0. The first-order valence-electron chi connectivity index (χ1n) is 16.0. The van der Waals surface area contributed by atoms with Gasteiger partial charge in [0.2, 0.25) is 5.91 Å². The lowest BCUT2D eigenvalue weighted by Gasteiger charge is -2.48. The van der Waals surface area contributed by atoms with Gasteiger partial charge in [0.05, 0.1) is 18.1 Å². The Kier molecular flexibility index (Phi) is 9.13. The van der Waals surface area contributed by atoms with Crippen molar-refractivity contribution < 1.29 is 23.1 Å². The summed E-state index contributed by atoms with van der Waals surface area (Å²) in [5, 5.41) is 13.0. The fourth-order valence-corrected chi connectivity index (χ4v) is 11.3. The van der Waals surface area contributed by atoms with Gasteiger partial charge in [-0.15, -0.1) is 0 Å². The summed E-state index contributed by atoms with van der Waals surface area (Å²) in [6.45, 7) is 6.71. The van der Waals surface area contributed by atoms with Gasteiger partial charge < -0.3 is 14.4 Å². The zero-order chi connectivity index (χ0) is 33.2. The van der Waals surface area contributed by atoms with E-state index in [9.17, 15) is 18.7 Å². The minimum atomic E-state index is -2.84. The van der Waals surface area contributed by atoms with Crippen LogP contribution in [0.1, 0.15) is 56.9 Å². The quantitative estimate of drug-likeness (QED) is 0.123. The fourth-order valence-electron chi connectivity index (χ4n) is 6.85. The van der Waals surface area contributed by atoms with Crippen LogP contribution in [0.2, 0.25) is 5.04 Å². The molecule has 7 heteroatoms. The average Bonchev–Trinajstić information content (AvgIpc) is 3.08. The highest BCUT2D eigenvalue weighted by Crippen LogP contribution is 2.47. The summed E-state index contributed by atoms with van der Waals surface area (Å²) in [5.74, 6) is -0.473. The van der Waals surface area contributed by atoms with E-state index in [1.165, 1.54) is 34.6 Å². The van der Waals surface area contributed by atoms with E-state index in [4.69, 9.17) is 4.43 Å². The Morgan fingerprint density at radius 1 is 0.745 bits per heavy atom. The molecule has 1 amide bonds. The number of amides is 1. The predicted molar refractivity (Wildman–Crippen MR) is 185 cm³/mol. The molecule has 240 valence electrons. The highest BCUT2D eigenvalue weighted by molar-refractivity contribution is 7.00. The predicted octanol–water partition coefficient (Wildman–Crippen LogP) is 8.12. The molecule has 1 aliphatic heterocycles. The number of nitrogens with zero attached hydrogens (tertiary/aromatic N) is 1. The van der Waals surface area contributed by atoms with Gasteiger partial charge in [0.25, 0.3) is 0 Å². The second kappa shape index (κ2) is 13.3. The van der Waals surface area contributed by atoms with E-state index in [1.807, 2.05) is 36.4 Å². The van der Waals surface area contributed by atoms with Crippen LogP contribution in [0, 0.1) is 17.6 Å². The molecule has 5 aromatic rings. The Balaban J connectivity index is 1.32. The molecule has 5 aromatic carbocycles. The number of benzene rings is 5. The number of halogens is 2. The Morgan fingerprint density at radius 3 is 1.77 bits per heavy atom. The minimum Gasteiger partial charge on any atom is -0.534 e. The van der Waals surface area contributed by atoms with Gasteiger partial charge in [0.1, 0.15) is 17.4 Å². The van der Waals surface area contributed by atoms with Gasteiger partial charge in [0.15, 0.2) is 0 Å². The number of anilines is 1. The minimum absolute atomic E-state index is 0.0828. The number of rotatable bonds is 10. The van der Waals surface area contributed by atoms with E-state index < -0.39 is 20.3 Å². The molecule has 0 aromatic heterocycles. The molecule has 0 bridgehead atoms. The van der Waals surface area contributed by atoms with E-state index in [1.54, 1.807) is 29.2 Å². The molecule has 47 heavy (non-hydrogen) atoms. The van der Waals surface area contributed by atoms with Crippen LogP contribution in [0.4, 0.5) is 14.5 Å². The molecule has 3 unspecified atom stereocenters. The Hall–Kier alpha value is -4.59. The lowest BCUT2D eigenvalue weighted by molar-refractivity contribution is -0.131. The number of β-lactam (4-membered cyclic amide) rings is 1. The van der Waals surface area contributed by atoms with Crippen molar-refractivity contribution >= 4 is 30.3 Å². The molecule has 1 aliphatic rings. The zero-order valence-corrected chi connectivity index (χ0v) is 27.8. The van der Waals surface area contributed by atoms with Crippen LogP contribution in [0.25, 0.3) is 0 Å². The first-order valence-corrected chi connectivity index (χ1v) is 17.9. The lowest BCUT2D eigenvalue weighted by atomic mass is 9.78. The number of carbonyl (C=O) groups is 1. The highest BCUT2D eigenvalue weighted by Gasteiger charge is 2.52. The van der Waals surface area contributed by atoms with Crippen LogP contribution in [0.15, 0.2) is 133 Å². The van der Waals surface area contributed by atoms with Crippen LogP contribution in [0.5, 0.6) is 5.75 Å². The maximum absolute atomic E-state index is 13.8. The van der Waals surface area contributed by atoms with Gasteiger partial charge in [-0.1, -0.05) is 106 Å². The Bertz CT molecular complexity index is 1750. The van der Waals surface area contributed by atoms with Gasteiger partial charge in [-0.05, 0) is 87.9 Å². The summed E-state index contributed by atoms with van der Waals surface area (Å²) in [5.41, 5.74) is 2.14. The van der Waals surface area contributed by atoms with Crippen molar-refractivity contribution in [3.05, 3.63) is 156 Å². The van der Waals surface area contributed by atoms with Crippen molar-refractivity contribution in [1.82, 2.24) is 0 Å². The second-order valence-electron chi connectivity index (χ2n) is 13.2. The molecule has 0 aliphatic carbocycles. The summed E-state index contributed by atoms with van der Waals surface area (Å²) < 4.78 is 34.4. The maximum atomic E-state index is 13.8. The number of hydrogen-bond donors (Lipinski definition) is 1. The first-order chi connectivity index (χ1) is 22.6. The SMILES string of the molecule is CC(C)(C)[Si](Oc1ccc(C2C(CCC(O)c3ccc(F)cc3)C(=O)N2c2ccc(F)cc2)cc1)(c1ccccc1)c1ccccc1. The number of aliphatic hydroxyl groups is 1. The molecule has 0 radical (unpaired) electrons. The molecule has 1 N–H and O–H groups in total. The first kappa shape index (κ1) is 32.4. The van der Waals surface area contributed by atoms with Gasteiger partial charge >= 0.3 is 8.32 Å². The topological polar surface area (TPSA) is 49.8 Å².